The Morgan fingerprint density at radius 1 is 1.20 bits per heavy atom. The van der Waals surface area contributed by atoms with Crippen LogP contribution in [0.3, 0.4) is 0 Å². The van der Waals surface area contributed by atoms with Crippen molar-refractivity contribution in [2.75, 3.05) is 31.6 Å². The molecule has 0 aromatic carbocycles. The third kappa shape index (κ3) is 2.76. The van der Waals surface area contributed by atoms with Gasteiger partial charge in [0.2, 0.25) is 0 Å². The van der Waals surface area contributed by atoms with Crippen molar-refractivity contribution in [3.05, 3.63) is 23.9 Å². The van der Waals surface area contributed by atoms with Gasteiger partial charge in [-0.2, -0.15) is 0 Å². The van der Waals surface area contributed by atoms with Gasteiger partial charge in [0.1, 0.15) is 11.9 Å². The number of pyridine rings is 1. The fourth-order valence-electron chi connectivity index (χ4n) is 4.14. The van der Waals surface area contributed by atoms with Gasteiger partial charge < -0.3 is 14.5 Å². The van der Waals surface area contributed by atoms with Crippen LogP contribution in [0.1, 0.15) is 24.8 Å². The van der Waals surface area contributed by atoms with E-state index in [0.717, 1.165) is 37.3 Å². The lowest BCUT2D eigenvalue weighted by Crippen LogP contribution is -2.49. The number of piperidine rings is 1. The lowest BCUT2D eigenvalue weighted by atomic mass is 10.0. The molecule has 25 heavy (non-hydrogen) atoms. The van der Waals surface area contributed by atoms with Crippen LogP contribution in [-0.4, -0.2) is 71.7 Å². The molecule has 7 heteroatoms. The van der Waals surface area contributed by atoms with E-state index in [9.17, 15) is 9.59 Å². The molecule has 3 fully saturated rings. The largest absolute Gasteiger partial charge is 0.380 e. The number of anilines is 1. The number of imide groups is 1. The van der Waals surface area contributed by atoms with Crippen LogP contribution in [0.5, 0.6) is 0 Å². The number of nitrogens with zero attached hydrogens (tertiary/aromatic N) is 4. The van der Waals surface area contributed by atoms with Gasteiger partial charge in [-0.15, -0.1) is 0 Å². The smallest absolute Gasteiger partial charge is 0.327 e. The van der Waals surface area contributed by atoms with Gasteiger partial charge in [-0.25, -0.2) is 9.78 Å². The van der Waals surface area contributed by atoms with Gasteiger partial charge >= 0.3 is 6.03 Å². The summed E-state index contributed by atoms with van der Waals surface area (Å²) in [5, 5.41) is 0. The molecule has 3 amide bonds. The maximum Gasteiger partial charge on any atom is 0.327 e. The molecule has 4 heterocycles. The second kappa shape index (κ2) is 6.29. The predicted octanol–water partition coefficient (Wildman–Crippen LogP) is 1.41. The van der Waals surface area contributed by atoms with Crippen molar-refractivity contribution in [2.24, 2.45) is 0 Å². The molecule has 1 aromatic heterocycles. The van der Waals surface area contributed by atoms with Crippen LogP contribution in [0.15, 0.2) is 18.3 Å². The zero-order chi connectivity index (χ0) is 17.6. The number of hydrogen-bond donors (Lipinski definition) is 0. The predicted molar refractivity (Wildman–Crippen MR) is 92.4 cm³/mol. The Morgan fingerprint density at radius 3 is 2.56 bits per heavy atom. The number of aromatic nitrogens is 1. The van der Waals surface area contributed by atoms with Crippen molar-refractivity contribution >= 4 is 17.8 Å². The third-order valence-electron chi connectivity index (χ3n) is 5.62. The molecule has 0 saturated carbocycles. The van der Waals surface area contributed by atoms with Gasteiger partial charge in [-0.05, 0) is 31.4 Å². The molecule has 3 aliphatic rings. The Bertz CT molecular complexity index is 645. The SMILES string of the molecule is CO[C@@H]1C[C@@H]2C(=O)N(C3CCN(c4ccc(C)cn4)CC3)C(=O)N2C1. The molecule has 7 nitrogen and oxygen atoms in total. The van der Waals surface area contributed by atoms with Crippen LogP contribution < -0.4 is 4.90 Å². The summed E-state index contributed by atoms with van der Waals surface area (Å²) in [5.74, 6) is 0.920. The van der Waals surface area contributed by atoms with Crippen LogP contribution in [0.25, 0.3) is 0 Å². The number of carbonyl (C=O) groups is 2. The maximum absolute atomic E-state index is 12.7. The van der Waals surface area contributed by atoms with Gasteiger partial charge in [0.05, 0.1) is 6.10 Å². The summed E-state index contributed by atoms with van der Waals surface area (Å²) in [6.07, 6.45) is 4.05. The number of amides is 3. The van der Waals surface area contributed by atoms with Crippen molar-refractivity contribution in [3.8, 4) is 0 Å². The fourth-order valence-corrected chi connectivity index (χ4v) is 4.14. The Kier molecular flexibility index (Phi) is 4.11. The molecule has 134 valence electrons. The molecular formula is C18H24N4O3. The summed E-state index contributed by atoms with van der Waals surface area (Å²) in [5.41, 5.74) is 1.14. The summed E-state index contributed by atoms with van der Waals surface area (Å²) in [6, 6.07) is 3.62. The number of rotatable bonds is 3. The first kappa shape index (κ1) is 16.3. The summed E-state index contributed by atoms with van der Waals surface area (Å²) < 4.78 is 5.32. The molecule has 0 aliphatic carbocycles. The van der Waals surface area contributed by atoms with E-state index in [-0.39, 0.29) is 30.1 Å². The average Bonchev–Trinajstić information content (AvgIpc) is 3.16. The Hall–Kier alpha value is -2.15. The van der Waals surface area contributed by atoms with E-state index in [1.807, 2.05) is 19.2 Å². The summed E-state index contributed by atoms with van der Waals surface area (Å²) in [6.45, 7) is 4.16. The topological polar surface area (TPSA) is 66.0 Å². The van der Waals surface area contributed by atoms with E-state index in [0.29, 0.717) is 13.0 Å². The van der Waals surface area contributed by atoms with Gasteiger partial charge in [0.25, 0.3) is 5.91 Å². The minimum Gasteiger partial charge on any atom is -0.380 e. The quantitative estimate of drug-likeness (QED) is 0.776. The second-order valence-corrected chi connectivity index (χ2v) is 7.16. The highest BCUT2D eigenvalue weighted by Crippen LogP contribution is 2.33. The number of fused-ring (bicyclic) bond motifs is 1. The third-order valence-corrected chi connectivity index (χ3v) is 5.62. The lowest BCUT2D eigenvalue weighted by Gasteiger charge is -2.36. The molecule has 2 atom stereocenters. The molecule has 1 aromatic rings. The molecule has 0 radical (unpaired) electrons. The lowest BCUT2D eigenvalue weighted by molar-refractivity contribution is -0.130. The first-order valence-electron chi connectivity index (χ1n) is 8.92. The number of urea groups is 1. The minimum absolute atomic E-state index is 0.00621. The number of ether oxygens (including phenoxy) is 1. The standard InChI is InChI=1S/C18H24N4O3/c1-12-3-4-16(19-10-12)20-7-5-13(6-8-20)22-17(23)15-9-14(25-2)11-21(15)18(22)24/h3-4,10,13-15H,5-9,11H2,1-2H3/t14-,15-/m1/s1. The molecule has 0 N–H and O–H groups in total. The van der Waals surface area contributed by atoms with Crippen LogP contribution in [0.2, 0.25) is 0 Å². The van der Waals surface area contributed by atoms with Crippen molar-refractivity contribution in [1.29, 1.82) is 0 Å². The van der Waals surface area contributed by atoms with Crippen molar-refractivity contribution in [3.63, 3.8) is 0 Å². The Labute approximate surface area is 147 Å². The number of methoxy groups -OCH3 is 1. The van der Waals surface area contributed by atoms with Crippen molar-refractivity contribution in [1.82, 2.24) is 14.8 Å². The van der Waals surface area contributed by atoms with E-state index in [1.54, 1.807) is 12.0 Å². The number of carbonyl (C=O) groups excluding carboxylic acids is 2. The highest BCUT2D eigenvalue weighted by molar-refractivity contribution is 6.05. The van der Waals surface area contributed by atoms with Crippen molar-refractivity contribution < 1.29 is 14.3 Å². The van der Waals surface area contributed by atoms with Gasteiger partial charge in [-0.1, -0.05) is 6.07 Å². The molecule has 3 saturated heterocycles. The summed E-state index contributed by atoms with van der Waals surface area (Å²) >= 11 is 0. The molecular weight excluding hydrogens is 320 g/mol. The van der Waals surface area contributed by atoms with Crippen LogP contribution in [-0.2, 0) is 9.53 Å². The Morgan fingerprint density at radius 2 is 1.96 bits per heavy atom. The van der Waals surface area contributed by atoms with E-state index in [4.69, 9.17) is 4.74 Å². The molecule has 4 rings (SSSR count). The monoisotopic (exact) mass is 344 g/mol. The Balaban J connectivity index is 1.41. The van der Waals surface area contributed by atoms with E-state index < -0.39 is 0 Å². The highest BCUT2D eigenvalue weighted by atomic mass is 16.5. The minimum atomic E-state index is -0.325. The molecule has 0 unspecified atom stereocenters. The van der Waals surface area contributed by atoms with E-state index in [1.165, 1.54) is 4.90 Å². The zero-order valence-electron chi connectivity index (χ0n) is 14.7. The van der Waals surface area contributed by atoms with E-state index >= 15 is 0 Å². The summed E-state index contributed by atoms with van der Waals surface area (Å²) in [7, 11) is 1.63. The van der Waals surface area contributed by atoms with E-state index in [2.05, 4.69) is 16.0 Å². The van der Waals surface area contributed by atoms with Crippen LogP contribution in [0.4, 0.5) is 10.6 Å². The molecule has 0 spiro atoms. The van der Waals surface area contributed by atoms with Gasteiger partial charge in [0, 0.05) is 45.4 Å². The molecule has 3 aliphatic heterocycles. The second-order valence-electron chi connectivity index (χ2n) is 7.16. The van der Waals surface area contributed by atoms with Crippen LogP contribution in [0, 0.1) is 6.92 Å². The maximum atomic E-state index is 12.7. The number of aryl methyl sites for hydroxylation is 1. The van der Waals surface area contributed by atoms with Crippen molar-refractivity contribution in [2.45, 2.75) is 44.4 Å². The average molecular weight is 344 g/mol. The summed E-state index contributed by atoms with van der Waals surface area (Å²) in [4.78, 5) is 35.3. The molecule has 0 bridgehead atoms. The van der Waals surface area contributed by atoms with Gasteiger partial charge in [0.15, 0.2) is 0 Å². The fraction of sp³-hybridized carbons (Fsp3) is 0.611. The van der Waals surface area contributed by atoms with Gasteiger partial charge in [-0.3, -0.25) is 9.69 Å². The van der Waals surface area contributed by atoms with Crippen LogP contribution >= 0.6 is 0 Å². The number of hydrogen-bond acceptors (Lipinski definition) is 5. The highest BCUT2D eigenvalue weighted by Gasteiger charge is 2.52. The zero-order valence-corrected chi connectivity index (χ0v) is 14.7. The first-order valence-corrected chi connectivity index (χ1v) is 8.92. The first-order chi connectivity index (χ1) is 12.1. The normalized spacial score (nSPS) is 27.4.